The third-order valence-electron chi connectivity index (χ3n) is 5.49. The lowest BCUT2D eigenvalue weighted by Gasteiger charge is -2.22. The number of ether oxygens (including phenoxy) is 1. The number of carbonyl (C=O) groups excluding carboxylic acids is 4. The monoisotopic (exact) mass is 437 g/mol. The van der Waals surface area contributed by atoms with Gasteiger partial charge in [0.05, 0.1) is 0 Å². The van der Waals surface area contributed by atoms with E-state index >= 15 is 0 Å². The van der Waals surface area contributed by atoms with Crippen molar-refractivity contribution >= 4 is 24.0 Å². The van der Waals surface area contributed by atoms with Gasteiger partial charge in [0.1, 0.15) is 6.10 Å². The SMILES string of the molecule is CC(OC(=O)NCCNC(=O)ON1C(=O)CCC1=O)C1c2ccccc2-c2ccccc21. The highest BCUT2D eigenvalue weighted by molar-refractivity contribution is 6.01. The molecule has 166 valence electrons. The van der Waals surface area contributed by atoms with Gasteiger partial charge in [-0.3, -0.25) is 9.59 Å². The molecule has 2 aliphatic rings. The third-order valence-corrected chi connectivity index (χ3v) is 5.49. The molecule has 2 N–H and O–H groups in total. The molecule has 1 fully saturated rings. The van der Waals surface area contributed by atoms with Gasteiger partial charge in [-0.25, -0.2) is 9.59 Å². The fourth-order valence-corrected chi connectivity index (χ4v) is 4.08. The van der Waals surface area contributed by atoms with Crippen molar-refractivity contribution in [3.05, 3.63) is 59.7 Å². The number of nitrogens with one attached hydrogen (secondary N) is 2. The highest BCUT2D eigenvalue weighted by Gasteiger charge is 2.34. The summed E-state index contributed by atoms with van der Waals surface area (Å²) < 4.78 is 5.60. The summed E-state index contributed by atoms with van der Waals surface area (Å²) in [5.41, 5.74) is 4.51. The number of rotatable bonds is 6. The number of nitrogens with zero attached hydrogens (tertiary/aromatic N) is 1. The number of imide groups is 1. The van der Waals surface area contributed by atoms with E-state index in [1.807, 2.05) is 43.3 Å². The summed E-state index contributed by atoms with van der Waals surface area (Å²) in [5, 5.41) is 5.39. The smallest absolute Gasteiger partial charge is 0.432 e. The number of benzene rings is 2. The molecule has 0 bridgehead atoms. The van der Waals surface area contributed by atoms with Gasteiger partial charge in [0.25, 0.3) is 11.8 Å². The van der Waals surface area contributed by atoms with Crippen molar-refractivity contribution in [2.75, 3.05) is 13.1 Å². The van der Waals surface area contributed by atoms with Crippen molar-refractivity contribution in [1.82, 2.24) is 15.7 Å². The Kier molecular flexibility index (Phi) is 6.07. The van der Waals surface area contributed by atoms with E-state index in [2.05, 4.69) is 27.6 Å². The standard InChI is InChI=1S/C23H23N3O6/c1-14(21-17-8-4-2-6-15(17)16-7-3-5-9-18(16)21)31-22(29)24-12-13-25-23(30)32-26-19(27)10-11-20(26)28/h2-9,14,21H,10-13H2,1H3,(H,24,29)(H,25,30). The molecule has 0 radical (unpaired) electrons. The molecular weight excluding hydrogens is 414 g/mol. The van der Waals surface area contributed by atoms with Gasteiger partial charge in [0.15, 0.2) is 0 Å². The van der Waals surface area contributed by atoms with E-state index in [0.717, 1.165) is 22.3 Å². The van der Waals surface area contributed by atoms with Crippen molar-refractivity contribution < 1.29 is 28.8 Å². The topological polar surface area (TPSA) is 114 Å². The Morgan fingerprint density at radius 3 is 1.97 bits per heavy atom. The Bertz CT molecular complexity index is 1010. The first-order valence-electron chi connectivity index (χ1n) is 10.4. The van der Waals surface area contributed by atoms with Gasteiger partial charge < -0.3 is 20.2 Å². The number of hydrogen-bond acceptors (Lipinski definition) is 6. The number of alkyl carbamates (subject to hydrolysis) is 1. The lowest BCUT2D eigenvalue weighted by molar-refractivity contribution is -0.171. The number of amides is 4. The molecule has 1 aliphatic heterocycles. The van der Waals surface area contributed by atoms with Crippen molar-refractivity contribution in [2.45, 2.75) is 31.8 Å². The maximum atomic E-state index is 12.3. The molecule has 1 atom stereocenters. The van der Waals surface area contributed by atoms with Gasteiger partial charge in [0, 0.05) is 31.8 Å². The zero-order chi connectivity index (χ0) is 22.7. The van der Waals surface area contributed by atoms with Crippen LogP contribution in [0.25, 0.3) is 11.1 Å². The molecule has 9 nitrogen and oxygen atoms in total. The first-order chi connectivity index (χ1) is 15.5. The van der Waals surface area contributed by atoms with Crippen molar-refractivity contribution in [2.24, 2.45) is 0 Å². The predicted octanol–water partition coefficient (Wildman–Crippen LogP) is 2.70. The van der Waals surface area contributed by atoms with Gasteiger partial charge in [-0.2, -0.15) is 0 Å². The number of fused-ring (bicyclic) bond motifs is 3. The first-order valence-corrected chi connectivity index (χ1v) is 10.4. The Balaban J connectivity index is 1.26. The molecule has 2 aromatic rings. The zero-order valence-corrected chi connectivity index (χ0v) is 17.5. The van der Waals surface area contributed by atoms with Crippen LogP contribution in [-0.4, -0.2) is 48.3 Å². The van der Waals surface area contributed by atoms with Crippen LogP contribution in [0.15, 0.2) is 48.5 Å². The van der Waals surface area contributed by atoms with E-state index in [-0.39, 0.29) is 31.8 Å². The zero-order valence-electron chi connectivity index (χ0n) is 17.5. The van der Waals surface area contributed by atoms with Crippen LogP contribution < -0.4 is 10.6 Å². The third kappa shape index (κ3) is 4.27. The van der Waals surface area contributed by atoms with E-state index in [9.17, 15) is 19.2 Å². The molecule has 0 aromatic heterocycles. The second-order valence-corrected chi connectivity index (χ2v) is 7.58. The van der Waals surface area contributed by atoms with Crippen LogP contribution in [0.2, 0.25) is 0 Å². The minimum absolute atomic E-state index is 0.0215. The summed E-state index contributed by atoms with van der Waals surface area (Å²) in [4.78, 5) is 51.5. The molecule has 4 rings (SSSR count). The maximum absolute atomic E-state index is 12.3. The minimum atomic E-state index is -0.948. The predicted molar refractivity (Wildman–Crippen MR) is 113 cm³/mol. The molecule has 1 saturated heterocycles. The van der Waals surface area contributed by atoms with Gasteiger partial charge in [0.2, 0.25) is 0 Å². The molecule has 9 heteroatoms. The van der Waals surface area contributed by atoms with E-state index in [0.29, 0.717) is 5.06 Å². The van der Waals surface area contributed by atoms with E-state index < -0.39 is 30.1 Å². The Morgan fingerprint density at radius 1 is 0.906 bits per heavy atom. The van der Waals surface area contributed by atoms with Crippen molar-refractivity contribution in [3.8, 4) is 11.1 Å². The number of hydrogen-bond donors (Lipinski definition) is 2. The van der Waals surface area contributed by atoms with Crippen LogP contribution in [0.3, 0.4) is 0 Å². The molecule has 1 heterocycles. The van der Waals surface area contributed by atoms with Crippen LogP contribution in [0.5, 0.6) is 0 Å². The van der Waals surface area contributed by atoms with E-state index in [4.69, 9.17) is 4.74 Å². The lowest BCUT2D eigenvalue weighted by atomic mass is 9.92. The molecule has 0 spiro atoms. The van der Waals surface area contributed by atoms with Crippen LogP contribution in [-0.2, 0) is 19.2 Å². The highest BCUT2D eigenvalue weighted by Crippen LogP contribution is 2.46. The van der Waals surface area contributed by atoms with Crippen LogP contribution in [0.1, 0.15) is 36.8 Å². The summed E-state index contributed by atoms with van der Waals surface area (Å²) in [5.74, 6) is -1.19. The molecule has 2 aromatic carbocycles. The summed E-state index contributed by atoms with van der Waals surface area (Å²) in [6.07, 6.45) is -1.93. The Hall–Kier alpha value is -3.88. The summed E-state index contributed by atoms with van der Waals surface area (Å²) >= 11 is 0. The normalized spacial score (nSPS) is 15.7. The fourth-order valence-electron chi connectivity index (χ4n) is 4.08. The lowest BCUT2D eigenvalue weighted by Crippen LogP contribution is -2.40. The quantitative estimate of drug-likeness (QED) is 0.531. The van der Waals surface area contributed by atoms with Crippen LogP contribution in [0, 0.1) is 0 Å². The van der Waals surface area contributed by atoms with Gasteiger partial charge in [-0.05, 0) is 29.2 Å². The Morgan fingerprint density at radius 2 is 1.41 bits per heavy atom. The molecule has 32 heavy (non-hydrogen) atoms. The molecule has 1 aliphatic carbocycles. The van der Waals surface area contributed by atoms with Crippen LogP contribution in [0.4, 0.5) is 9.59 Å². The number of carbonyl (C=O) groups is 4. The highest BCUT2D eigenvalue weighted by atomic mass is 16.7. The van der Waals surface area contributed by atoms with Gasteiger partial charge in [-0.1, -0.05) is 48.5 Å². The van der Waals surface area contributed by atoms with Gasteiger partial charge in [-0.15, -0.1) is 5.06 Å². The minimum Gasteiger partial charge on any atom is -0.446 e. The Labute approximate surface area is 184 Å². The molecule has 4 amide bonds. The summed E-state index contributed by atoms with van der Waals surface area (Å²) in [6.45, 7) is 1.97. The second-order valence-electron chi connectivity index (χ2n) is 7.58. The number of hydroxylamine groups is 2. The molecular formula is C23H23N3O6. The van der Waals surface area contributed by atoms with E-state index in [1.54, 1.807) is 0 Å². The first kappa shape index (κ1) is 21.4. The largest absolute Gasteiger partial charge is 0.446 e. The van der Waals surface area contributed by atoms with Crippen LogP contribution >= 0.6 is 0 Å². The van der Waals surface area contributed by atoms with Gasteiger partial charge >= 0.3 is 12.2 Å². The van der Waals surface area contributed by atoms with Crippen molar-refractivity contribution in [3.63, 3.8) is 0 Å². The van der Waals surface area contributed by atoms with E-state index in [1.165, 1.54) is 0 Å². The molecule has 0 saturated carbocycles. The summed E-state index contributed by atoms with van der Waals surface area (Å²) in [7, 11) is 0. The average Bonchev–Trinajstić information content (AvgIpc) is 3.29. The average molecular weight is 437 g/mol. The fraction of sp³-hybridized carbons (Fsp3) is 0.304. The van der Waals surface area contributed by atoms with Crippen molar-refractivity contribution in [1.29, 1.82) is 0 Å². The summed E-state index contributed by atoms with van der Waals surface area (Å²) in [6, 6.07) is 16.1. The maximum Gasteiger partial charge on any atom is 0.432 e. The second kappa shape index (κ2) is 9.09. The molecule has 1 unspecified atom stereocenters.